The van der Waals surface area contributed by atoms with Crippen LogP contribution in [0.2, 0.25) is 0 Å². The summed E-state index contributed by atoms with van der Waals surface area (Å²) in [6.45, 7) is 3.44. The molecule has 22 heavy (non-hydrogen) atoms. The molecular formula is C17H18BrN3O. The number of hydrogen-bond acceptors (Lipinski definition) is 4. The number of rotatable bonds is 5. The third-order valence-corrected chi connectivity index (χ3v) is 4.12. The second-order valence-corrected chi connectivity index (χ2v) is 5.95. The van der Waals surface area contributed by atoms with Gasteiger partial charge in [-0.3, -0.25) is 0 Å². The van der Waals surface area contributed by atoms with Crippen LogP contribution >= 0.6 is 15.9 Å². The first kappa shape index (κ1) is 15.0. The predicted molar refractivity (Wildman–Crippen MR) is 93.4 cm³/mol. The van der Waals surface area contributed by atoms with Crippen LogP contribution in [0.3, 0.4) is 0 Å². The van der Waals surface area contributed by atoms with Crippen molar-refractivity contribution in [3.8, 4) is 5.75 Å². The maximum atomic E-state index is 5.94. The minimum Gasteiger partial charge on any atom is -0.488 e. The van der Waals surface area contributed by atoms with Crippen molar-refractivity contribution in [2.45, 2.75) is 19.8 Å². The van der Waals surface area contributed by atoms with Gasteiger partial charge in [-0.05, 0) is 47.3 Å². The molecule has 1 aliphatic carbocycles. The molecule has 5 heteroatoms. The van der Waals surface area contributed by atoms with Crippen molar-refractivity contribution in [1.82, 2.24) is 9.97 Å². The van der Waals surface area contributed by atoms with E-state index in [1.54, 1.807) is 6.33 Å². The van der Waals surface area contributed by atoms with Crippen LogP contribution in [0.1, 0.15) is 19.8 Å². The predicted octanol–water partition coefficient (Wildman–Crippen LogP) is 4.48. The van der Waals surface area contributed by atoms with Crippen molar-refractivity contribution in [3.05, 3.63) is 46.7 Å². The average molecular weight is 360 g/mol. The number of aromatic nitrogens is 2. The first-order chi connectivity index (χ1) is 10.8. The topological polar surface area (TPSA) is 47.0 Å². The van der Waals surface area contributed by atoms with E-state index in [2.05, 4.69) is 49.4 Å². The second kappa shape index (κ2) is 6.92. The summed E-state index contributed by atoms with van der Waals surface area (Å²) in [7, 11) is 0. The van der Waals surface area contributed by atoms with Gasteiger partial charge in [-0.2, -0.15) is 0 Å². The highest BCUT2D eigenvalue weighted by Gasteiger charge is 2.09. The zero-order chi connectivity index (χ0) is 15.4. The van der Waals surface area contributed by atoms with Crippen molar-refractivity contribution >= 4 is 32.7 Å². The normalized spacial score (nSPS) is 14.0. The van der Waals surface area contributed by atoms with E-state index in [0.29, 0.717) is 6.61 Å². The molecule has 1 aromatic carbocycles. The fourth-order valence-electron chi connectivity index (χ4n) is 2.41. The fourth-order valence-corrected chi connectivity index (χ4v) is 2.87. The average Bonchev–Trinajstić information content (AvgIpc) is 2.55. The molecule has 0 fully saturated rings. The van der Waals surface area contributed by atoms with E-state index in [0.717, 1.165) is 46.3 Å². The Morgan fingerprint density at radius 2 is 2.18 bits per heavy atom. The Kier molecular flexibility index (Phi) is 4.73. The molecule has 0 spiro atoms. The Morgan fingerprint density at radius 3 is 2.95 bits per heavy atom. The van der Waals surface area contributed by atoms with Gasteiger partial charge >= 0.3 is 0 Å². The molecule has 0 bridgehead atoms. The van der Waals surface area contributed by atoms with Crippen LogP contribution in [-0.4, -0.2) is 23.1 Å². The zero-order valence-electron chi connectivity index (χ0n) is 12.5. The Labute approximate surface area is 138 Å². The monoisotopic (exact) mass is 359 g/mol. The molecule has 0 unspecified atom stereocenters. The maximum Gasteiger partial charge on any atom is 0.137 e. The Hall–Kier alpha value is -1.88. The van der Waals surface area contributed by atoms with Crippen LogP contribution in [0.5, 0.6) is 5.75 Å². The van der Waals surface area contributed by atoms with Crippen LogP contribution in [0.4, 0.5) is 5.82 Å². The molecule has 3 rings (SSSR count). The molecule has 1 heterocycles. The Balaban J connectivity index is 1.86. The Morgan fingerprint density at radius 1 is 1.27 bits per heavy atom. The zero-order valence-corrected chi connectivity index (χ0v) is 14.1. The highest BCUT2D eigenvalue weighted by molar-refractivity contribution is 9.10. The lowest BCUT2D eigenvalue weighted by Crippen LogP contribution is -2.03. The van der Waals surface area contributed by atoms with E-state index < -0.39 is 0 Å². The highest BCUT2D eigenvalue weighted by Crippen LogP contribution is 2.32. The van der Waals surface area contributed by atoms with Gasteiger partial charge in [0.05, 0.1) is 9.99 Å². The number of ether oxygens (including phenoxy) is 1. The van der Waals surface area contributed by atoms with Gasteiger partial charge in [0.2, 0.25) is 0 Å². The van der Waals surface area contributed by atoms with E-state index in [1.165, 1.54) is 5.57 Å². The third-order valence-electron chi connectivity index (χ3n) is 3.50. The summed E-state index contributed by atoms with van der Waals surface area (Å²) in [5.41, 5.74) is 2.09. The van der Waals surface area contributed by atoms with Gasteiger partial charge < -0.3 is 10.1 Å². The molecule has 0 radical (unpaired) electrons. The van der Waals surface area contributed by atoms with Crippen LogP contribution in [0, 0.1) is 0 Å². The van der Waals surface area contributed by atoms with Gasteiger partial charge in [0.1, 0.15) is 24.5 Å². The first-order valence-corrected chi connectivity index (χ1v) is 8.23. The minimum absolute atomic E-state index is 0.575. The first-order valence-electron chi connectivity index (χ1n) is 7.44. The van der Waals surface area contributed by atoms with Crippen molar-refractivity contribution in [2.24, 2.45) is 0 Å². The SMILES string of the molecule is CCNc1ncnc2cc(OCC3=CCCC=C3)c(Br)cc12. The van der Waals surface area contributed by atoms with Gasteiger partial charge in [0.25, 0.3) is 0 Å². The number of anilines is 1. The molecular weight excluding hydrogens is 342 g/mol. The van der Waals surface area contributed by atoms with Gasteiger partial charge in [0.15, 0.2) is 0 Å². The molecule has 0 amide bonds. The molecule has 0 saturated carbocycles. The van der Waals surface area contributed by atoms with E-state index in [-0.39, 0.29) is 0 Å². The molecule has 1 aliphatic rings. The summed E-state index contributed by atoms with van der Waals surface area (Å²) >= 11 is 3.58. The summed E-state index contributed by atoms with van der Waals surface area (Å²) in [6, 6.07) is 3.96. The van der Waals surface area contributed by atoms with Crippen LogP contribution < -0.4 is 10.1 Å². The van der Waals surface area contributed by atoms with Crippen molar-refractivity contribution < 1.29 is 4.74 Å². The summed E-state index contributed by atoms with van der Waals surface area (Å²) in [5, 5.41) is 4.24. The number of nitrogens with zero attached hydrogens (tertiary/aromatic N) is 2. The van der Waals surface area contributed by atoms with Crippen LogP contribution in [0.25, 0.3) is 10.9 Å². The summed E-state index contributed by atoms with van der Waals surface area (Å²) in [5.74, 6) is 1.64. The van der Waals surface area contributed by atoms with E-state index in [4.69, 9.17) is 4.74 Å². The van der Waals surface area contributed by atoms with E-state index >= 15 is 0 Å². The lowest BCUT2D eigenvalue weighted by atomic mass is 10.1. The highest BCUT2D eigenvalue weighted by atomic mass is 79.9. The minimum atomic E-state index is 0.575. The number of fused-ring (bicyclic) bond motifs is 1. The molecule has 0 saturated heterocycles. The largest absolute Gasteiger partial charge is 0.488 e. The number of nitrogens with one attached hydrogen (secondary N) is 1. The van der Waals surface area contributed by atoms with Crippen molar-refractivity contribution in [3.63, 3.8) is 0 Å². The molecule has 1 N–H and O–H groups in total. The van der Waals surface area contributed by atoms with Gasteiger partial charge in [-0.15, -0.1) is 0 Å². The molecule has 4 nitrogen and oxygen atoms in total. The quantitative estimate of drug-likeness (QED) is 0.854. The summed E-state index contributed by atoms with van der Waals surface area (Å²) < 4.78 is 6.85. The molecule has 0 atom stereocenters. The van der Waals surface area contributed by atoms with Gasteiger partial charge in [0, 0.05) is 18.0 Å². The van der Waals surface area contributed by atoms with Crippen molar-refractivity contribution in [2.75, 3.05) is 18.5 Å². The molecule has 114 valence electrons. The third kappa shape index (κ3) is 3.30. The lowest BCUT2D eigenvalue weighted by Gasteiger charge is -2.13. The summed E-state index contributed by atoms with van der Waals surface area (Å²) in [6.07, 6.45) is 10.3. The van der Waals surface area contributed by atoms with Crippen LogP contribution in [0.15, 0.2) is 46.7 Å². The maximum absolute atomic E-state index is 5.94. The number of hydrogen-bond donors (Lipinski definition) is 1. The fraction of sp³-hybridized carbons (Fsp3) is 0.294. The van der Waals surface area contributed by atoms with E-state index in [9.17, 15) is 0 Å². The number of allylic oxidation sites excluding steroid dienone is 2. The lowest BCUT2D eigenvalue weighted by molar-refractivity contribution is 0.353. The Bertz CT molecular complexity index is 740. The molecule has 2 aromatic rings. The molecule has 1 aromatic heterocycles. The second-order valence-electron chi connectivity index (χ2n) is 5.10. The van der Waals surface area contributed by atoms with Crippen molar-refractivity contribution in [1.29, 1.82) is 0 Å². The standard InChI is InChI=1S/C17H18BrN3O/c1-2-19-17-13-8-14(18)16(9-15(13)20-11-21-17)22-10-12-6-4-3-5-7-12/h4,6-9,11H,2-3,5,10H2,1H3,(H,19,20,21). The van der Waals surface area contributed by atoms with Crippen LogP contribution in [-0.2, 0) is 0 Å². The smallest absolute Gasteiger partial charge is 0.137 e. The van der Waals surface area contributed by atoms with Gasteiger partial charge in [-0.25, -0.2) is 9.97 Å². The van der Waals surface area contributed by atoms with Gasteiger partial charge in [-0.1, -0.05) is 18.2 Å². The number of halogens is 1. The number of benzene rings is 1. The summed E-state index contributed by atoms with van der Waals surface area (Å²) in [4.78, 5) is 8.62. The van der Waals surface area contributed by atoms with E-state index in [1.807, 2.05) is 19.1 Å². The molecule has 0 aliphatic heterocycles.